The van der Waals surface area contributed by atoms with Gasteiger partial charge in [-0.2, -0.15) is 10.2 Å². The fourth-order valence-corrected chi connectivity index (χ4v) is 1.59. The highest BCUT2D eigenvalue weighted by atomic mass is 16.5. The first-order chi connectivity index (χ1) is 10.9. The second-order valence-corrected chi connectivity index (χ2v) is 4.45. The summed E-state index contributed by atoms with van der Waals surface area (Å²) in [6.07, 6.45) is 1.09. The molecule has 0 aliphatic rings. The molecule has 0 radical (unpaired) electrons. The van der Waals surface area contributed by atoms with E-state index in [0.29, 0.717) is 5.69 Å². The van der Waals surface area contributed by atoms with Crippen LogP contribution in [0.5, 0.6) is 0 Å². The molecule has 1 heterocycles. The summed E-state index contributed by atoms with van der Waals surface area (Å²) in [5.41, 5.74) is -0.0696. The lowest BCUT2D eigenvalue weighted by atomic mass is 10.3. The predicted molar refractivity (Wildman–Crippen MR) is 83.2 cm³/mol. The molecule has 0 bridgehead atoms. The lowest BCUT2D eigenvalue weighted by Crippen LogP contribution is -2.27. The second kappa shape index (κ2) is 8.66. The molecule has 0 aliphatic carbocycles. The highest BCUT2D eigenvalue weighted by Crippen LogP contribution is 2.09. The molecule has 23 heavy (non-hydrogen) atoms. The molecule has 0 fully saturated rings. The van der Waals surface area contributed by atoms with Gasteiger partial charge in [0.1, 0.15) is 0 Å². The van der Waals surface area contributed by atoms with Crippen molar-refractivity contribution in [1.29, 1.82) is 0 Å². The van der Waals surface area contributed by atoms with Gasteiger partial charge < -0.3 is 9.47 Å². The maximum atomic E-state index is 11.9. The first kappa shape index (κ1) is 18.3. The summed E-state index contributed by atoms with van der Waals surface area (Å²) in [4.78, 5) is 35.1. The number of hydrogen-bond acceptors (Lipinski definition) is 8. The van der Waals surface area contributed by atoms with E-state index in [1.807, 2.05) is 0 Å². The van der Waals surface area contributed by atoms with Crippen molar-refractivity contribution in [2.24, 2.45) is 12.1 Å². The summed E-state index contributed by atoms with van der Waals surface area (Å²) in [6.45, 7) is 3.66. The van der Waals surface area contributed by atoms with Crippen LogP contribution in [0.3, 0.4) is 0 Å². The smallest absolute Gasteiger partial charge is 0.355 e. The molecule has 0 saturated carbocycles. The van der Waals surface area contributed by atoms with Gasteiger partial charge in [-0.3, -0.25) is 14.6 Å². The molecule has 0 aliphatic heterocycles. The number of aromatic nitrogens is 2. The summed E-state index contributed by atoms with van der Waals surface area (Å²) in [5.74, 6) is -1.31. The number of nitrogens with zero attached hydrogens (tertiary/aromatic N) is 4. The number of carbonyl (C=O) groups excluding carboxylic acids is 2. The Bertz CT molecular complexity index is 653. The number of anilines is 1. The average molecular weight is 324 g/mol. The summed E-state index contributed by atoms with van der Waals surface area (Å²) in [6, 6.07) is 1.31. The Morgan fingerprint density at radius 3 is 2.52 bits per heavy atom. The molecular formula is C14H20N4O5. The largest absolute Gasteiger partial charge is 0.466 e. The van der Waals surface area contributed by atoms with E-state index in [-0.39, 0.29) is 30.9 Å². The van der Waals surface area contributed by atoms with Crippen LogP contribution in [0.15, 0.2) is 22.2 Å². The SMILES string of the molecule is CCOC(=O)C/C(=N\N(C)c1cnn(C)c(=O)c1)C(=O)OCC. The number of esters is 2. The van der Waals surface area contributed by atoms with Gasteiger partial charge in [-0.15, -0.1) is 0 Å². The van der Waals surface area contributed by atoms with E-state index < -0.39 is 11.9 Å². The molecule has 1 aromatic heterocycles. The molecule has 0 N–H and O–H groups in total. The first-order valence-corrected chi connectivity index (χ1v) is 7.06. The average Bonchev–Trinajstić information content (AvgIpc) is 2.49. The fourth-order valence-electron chi connectivity index (χ4n) is 1.59. The third-order valence-electron chi connectivity index (χ3n) is 2.73. The summed E-state index contributed by atoms with van der Waals surface area (Å²) in [7, 11) is 3.04. The van der Waals surface area contributed by atoms with Gasteiger partial charge in [-0.1, -0.05) is 0 Å². The zero-order chi connectivity index (χ0) is 17.4. The quantitative estimate of drug-likeness (QED) is 0.398. The van der Waals surface area contributed by atoms with Crippen molar-refractivity contribution >= 4 is 23.3 Å². The molecular weight excluding hydrogens is 304 g/mol. The molecule has 0 saturated heterocycles. The van der Waals surface area contributed by atoms with Crippen molar-refractivity contribution in [2.75, 3.05) is 25.3 Å². The molecule has 9 nitrogen and oxygen atoms in total. The minimum Gasteiger partial charge on any atom is -0.466 e. The maximum Gasteiger partial charge on any atom is 0.355 e. The van der Waals surface area contributed by atoms with Crippen molar-refractivity contribution in [1.82, 2.24) is 9.78 Å². The summed E-state index contributed by atoms with van der Waals surface area (Å²) >= 11 is 0. The molecule has 0 spiro atoms. The molecule has 9 heteroatoms. The Kier molecular flexibility index (Phi) is 6.91. The van der Waals surface area contributed by atoms with Gasteiger partial charge in [0.2, 0.25) is 0 Å². The van der Waals surface area contributed by atoms with Crippen LogP contribution in [0, 0.1) is 0 Å². The van der Waals surface area contributed by atoms with Crippen LogP contribution in [0.4, 0.5) is 5.69 Å². The van der Waals surface area contributed by atoms with Crippen molar-refractivity contribution in [2.45, 2.75) is 20.3 Å². The van der Waals surface area contributed by atoms with E-state index in [1.54, 1.807) is 13.8 Å². The Labute approximate surface area is 133 Å². The van der Waals surface area contributed by atoms with Crippen LogP contribution >= 0.6 is 0 Å². The predicted octanol–water partition coefficient (Wildman–Crippen LogP) is 0.0888. The van der Waals surface area contributed by atoms with E-state index >= 15 is 0 Å². The molecule has 0 amide bonds. The van der Waals surface area contributed by atoms with E-state index in [2.05, 4.69) is 10.2 Å². The topological polar surface area (TPSA) is 103 Å². The highest BCUT2D eigenvalue weighted by molar-refractivity contribution is 6.39. The fraction of sp³-hybridized carbons (Fsp3) is 0.500. The second-order valence-electron chi connectivity index (χ2n) is 4.45. The number of hydrogen-bond donors (Lipinski definition) is 0. The van der Waals surface area contributed by atoms with Gasteiger partial charge in [0.15, 0.2) is 5.71 Å². The van der Waals surface area contributed by atoms with Crippen LogP contribution < -0.4 is 10.6 Å². The normalized spacial score (nSPS) is 11.0. The minimum absolute atomic E-state index is 0.117. The lowest BCUT2D eigenvalue weighted by Gasteiger charge is -2.15. The van der Waals surface area contributed by atoms with Gasteiger partial charge in [0.25, 0.3) is 5.56 Å². The number of aryl methyl sites for hydroxylation is 1. The summed E-state index contributed by atoms with van der Waals surface area (Å²) < 4.78 is 10.8. The molecule has 0 atom stereocenters. The van der Waals surface area contributed by atoms with Gasteiger partial charge >= 0.3 is 11.9 Å². The number of rotatable bonds is 7. The van der Waals surface area contributed by atoms with Crippen LogP contribution in [0.2, 0.25) is 0 Å². The minimum atomic E-state index is -0.718. The third kappa shape index (κ3) is 5.53. The van der Waals surface area contributed by atoms with E-state index in [9.17, 15) is 14.4 Å². The Balaban J connectivity index is 3.04. The number of carbonyl (C=O) groups is 2. The van der Waals surface area contributed by atoms with Gasteiger partial charge in [-0.25, -0.2) is 9.48 Å². The van der Waals surface area contributed by atoms with E-state index in [4.69, 9.17) is 9.47 Å². The molecule has 1 aromatic rings. The van der Waals surface area contributed by atoms with Crippen LogP contribution in [-0.4, -0.2) is 47.7 Å². The van der Waals surface area contributed by atoms with Gasteiger partial charge in [0.05, 0.1) is 31.5 Å². The maximum absolute atomic E-state index is 11.9. The summed E-state index contributed by atoms with van der Waals surface area (Å²) in [5, 5.41) is 9.19. The Hall–Kier alpha value is -2.71. The molecule has 0 unspecified atom stereocenters. The van der Waals surface area contributed by atoms with Crippen molar-refractivity contribution < 1.29 is 19.1 Å². The zero-order valence-corrected chi connectivity index (χ0v) is 13.6. The number of hydrazone groups is 1. The third-order valence-corrected chi connectivity index (χ3v) is 2.73. The van der Waals surface area contributed by atoms with Crippen molar-refractivity contribution in [3.63, 3.8) is 0 Å². The lowest BCUT2D eigenvalue weighted by molar-refractivity contribution is -0.143. The van der Waals surface area contributed by atoms with Crippen molar-refractivity contribution in [3.8, 4) is 0 Å². The van der Waals surface area contributed by atoms with Crippen LogP contribution in [0.25, 0.3) is 0 Å². The molecule has 126 valence electrons. The molecule has 1 rings (SSSR count). The van der Waals surface area contributed by atoms with Crippen molar-refractivity contribution in [3.05, 3.63) is 22.6 Å². The van der Waals surface area contributed by atoms with Gasteiger partial charge in [-0.05, 0) is 13.8 Å². The zero-order valence-electron chi connectivity index (χ0n) is 13.6. The van der Waals surface area contributed by atoms with Gasteiger partial charge in [0, 0.05) is 20.2 Å². The van der Waals surface area contributed by atoms with Crippen LogP contribution in [-0.2, 0) is 26.1 Å². The van der Waals surface area contributed by atoms with E-state index in [0.717, 1.165) is 4.68 Å². The standard InChI is InChI=1S/C14H20N4O5/c1-5-22-13(20)8-11(14(21)23-6-2)16-17(3)10-7-12(19)18(4)15-9-10/h7,9H,5-6,8H2,1-4H3/b16-11+. The molecule has 0 aromatic carbocycles. The Morgan fingerprint density at radius 2 is 1.96 bits per heavy atom. The first-order valence-electron chi connectivity index (χ1n) is 7.06. The number of ether oxygens (including phenoxy) is 2. The van der Waals surface area contributed by atoms with Crippen LogP contribution in [0.1, 0.15) is 20.3 Å². The monoisotopic (exact) mass is 324 g/mol. The Morgan fingerprint density at radius 1 is 1.30 bits per heavy atom. The van der Waals surface area contributed by atoms with E-state index in [1.165, 1.54) is 31.4 Å². The highest BCUT2D eigenvalue weighted by Gasteiger charge is 2.19.